The lowest BCUT2D eigenvalue weighted by Gasteiger charge is -2.31. The Morgan fingerprint density at radius 2 is 1.85 bits per heavy atom. The molecule has 0 amide bonds. The fraction of sp³-hybridized carbons (Fsp3) is 0.440. The third kappa shape index (κ3) is 7.24. The molecule has 0 N–H and O–H groups in total. The molecule has 0 bridgehead atoms. The van der Waals surface area contributed by atoms with Crippen molar-refractivity contribution in [1.82, 2.24) is 14.3 Å². The summed E-state index contributed by atoms with van der Waals surface area (Å²) in [7, 11) is -3.48. The summed E-state index contributed by atoms with van der Waals surface area (Å²) in [5.41, 5.74) is 0.203. The van der Waals surface area contributed by atoms with E-state index in [2.05, 4.69) is 24.0 Å². The summed E-state index contributed by atoms with van der Waals surface area (Å²) >= 11 is 1.38. The minimum atomic E-state index is -5.22. The van der Waals surface area contributed by atoms with Gasteiger partial charge in [0, 0.05) is 48.4 Å². The van der Waals surface area contributed by atoms with Gasteiger partial charge in [-0.25, -0.2) is 23.2 Å². The van der Waals surface area contributed by atoms with Gasteiger partial charge < -0.3 is 14.4 Å². The molecular weight excluding hydrogens is 557 g/mol. The van der Waals surface area contributed by atoms with Crippen LogP contribution in [0.4, 0.5) is 18.3 Å². The third-order valence-corrected chi connectivity index (χ3v) is 8.06. The average Bonchev–Trinajstić information content (AvgIpc) is 3.38. The van der Waals surface area contributed by atoms with E-state index in [1.54, 1.807) is 0 Å². The second-order valence-electron chi connectivity index (χ2n) is 9.53. The number of carbonyl (C=O) groups excluding carboxylic acids is 1. The Morgan fingerprint density at radius 3 is 2.41 bits per heavy atom. The average molecular weight is 585 g/mol. The number of nitrogens with zero attached hydrogens (tertiary/aromatic N) is 4. The highest BCUT2D eigenvalue weighted by Crippen LogP contribution is 2.34. The Hall–Kier alpha value is -3.26. The number of esters is 1. The number of halogens is 3. The molecule has 1 aliphatic rings. The summed E-state index contributed by atoms with van der Waals surface area (Å²) in [5.74, 6) is -1.43. The SMILES string of the molecule is CC(C)c1nsc(N2CCC(COc3cnc(-c4ccc(S(C)(=O)=O)cc4)c(OC(=O)C(F)(F)F)c3)CC2)n1. The van der Waals surface area contributed by atoms with E-state index in [9.17, 15) is 26.4 Å². The number of hydrogen-bond donors (Lipinski definition) is 0. The van der Waals surface area contributed by atoms with Crippen molar-refractivity contribution in [1.29, 1.82) is 0 Å². The number of anilines is 1. The second kappa shape index (κ2) is 11.5. The van der Waals surface area contributed by atoms with Crippen molar-refractivity contribution in [2.24, 2.45) is 5.92 Å². The number of pyridine rings is 1. The first kappa shape index (κ1) is 28.7. The van der Waals surface area contributed by atoms with Crippen LogP contribution in [0.15, 0.2) is 41.4 Å². The van der Waals surface area contributed by atoms with E-state index in [-0.39, 0.29) is 33.7 Å². The molecule has 1 aliphatic heterocycles. The van der Waals surface area contributed by atoms with Crippen LogP contribution in [0.5, 0.6) is 11.5 Å². The zero-order valence-corrected chi connectivity index (χ0v) is 23.1. The number of carbonyl (C=O) groups is 1. The molecule has 0 unspecified atom stereocenters. The van der Waals surface area contributed by atoms with Gasteiger partial charge in [0.25, 0.3) is 0 Å². The predicted octanol–water partition coefficient (Wildman–Crippen LogP) is 4.89. The molecule has 39 heavy (non-hydrogen) atoms. The molecule has 1 aromatic carbocycles. The number of hydrogen-bond acceptors (Lipinski definition) is 10. The first-order valence-electron chi connectivity index (χ1n) is 12.1. The summed E-state index contributed by atoms with van der Waals surface area (Å²) in [6.45, 7) is 5.94. The Kier molecular flexibility index (Phi) is 8.45. The van der Waals surface area contributed by atoms with Crippen molar-refractivity contribution in [3.05, 3.63) is 42.4 Å². The predicted molar refractivity (Wildman–Crippen MR) is 139 cm³/mol. The molecule has 0 atom stereocenters. The number of benzene rings is 1. The van der Waals surface area contributed by atoms with Gasteiger partial charge in [-0.3, -0.25) is 0 Å². The van der Waals surface area contributed by atoms with Crippen molar-refractivity contribution < 1.29 is 35.9 Å². The van der Waals surface area contributed by atoms with Gasteiger partial charge in [0.05, 0.1) is 17.7 Å². The second-order valence-corrected chi connectivity index (χ2v) is 12.3. The van der Waals surface area contributed by atoms with Gasteiger partial charge >= 0.3 is 12.1 Å². The van der Waals surface area contributed by atoms with Crippen LogP contribution in [0, 0.1) is 5.92 Å². The first-order chi connectivity index (χ1) is 18.3. The highest BCUT2D eigenvalue weighted by molar-refractivity contribution is 7.90. The topological polar surface area (TPSA) is 112 Å². The molecule has 0 spiro atoms. The molecule has 14 heteroatoms. The van der Waals surface area contributed by atoms with Crippen molar-refractivity contribution in [3.63, 3.8) is 0 Å². The van der Waals surface area contributed by atoms with Crippen LogP contribution in [0.1, 0.15) is 38.4 Å². The van der Waals surface area contributed by atoms with Gasteiger partial charge in [-0.1, -0.05) is 26.0 Å². The molecule has 2 aromatic heterocycles. The summed E-state index contributed by atoms with van der Waals surface area (Å²) in [5, 5.41) is 0.888. The normalized spacial score (nSPS) is 15.0. The van der Waals surface area contributed by atoms with Crippen LogP contribution in [0.25, 0.3) is 11.3 Å². The van der Waals surface area contributed by atoms with Crippen LogP contribution in [0.3, 0.4) is 0 Å². The maximum absolute atomic E-state index is 12.9. The fourth-order valence-electron chi connectivity index (χ4n) is 3.91. The first-order valence-corrected chi connectivity index (χ1v) is 14.8. The molecule has 0 saturated carbocycles. The number of rotatable bonds is 8. The van der Waals surface area contributed by atoms with Crippen molar-refractivity contribution in [2.75, 3.05) is 30.9 Å². The molecule has 0 aliphatic carbocycles. The molecular formula is C25H27F3N4O5S2. The van der Waals surface area contributed by atoms with Crippen molar-refractivity contribution >= 4 is 32.5 Å². The van der Waals surface area contributed by atoms with Gasteiger partial charge in [0.15, 0.2) is 15.6 Å². The van der Waals surface area contributed by atoms with Crippen LogP contribution < -0.4 is 14.4 Å². The molecule has 0 radical (unpaired) electrons. The number of piperidine rings is 1. The summed E-state index contributed by atoms with van der Waals surface area (Å²) < 4.78 is 77.1. The zero-order valence-electron chi connectivity index (χ0n) is 21.4. The molecule has 3 aromatic rings. The summed E-state index contributed by atoms with van der Waals surface area (Å²) in [4.78, 5) is 22.6. The highest BCUT2D eigenvalue weighted by Gasteiger charge is 2.42. The monoisotopic (exact) mass is 584 g/mol. The lowest BCUT2D eigenvalue weighted by atomic mass is 9.98. The number of aromatic nitrogens is 3. The Balaban J connectivity index is 1.45. The number of alkyl halides is 3. The van der Waals surface area contributed by atoms with Crippen LogP contribution in [-0.2, 0) is 14.6 Å². The minimum Gasteiger partial charge on any atom is -0.492 e. The lowest BCUT2D eigenvalue weighted by Crippen LogP contribution is -2.35. The largest absolute Gasteiger partial charge is 0.492 e. The van der Waals surface area contributed by atoms with E-state index in [0.29, 0.717) is 6.61 Å². The van der Waals surface area contributed by atoms with E-state index < -0.39 is 27.7 Å². The van der Waals surface area contributed by atoms with Crippen molar-refractivity contribution in [2.45, 2.75) is 43.7 Å². The van der Waals surface area contributed by atoms with Gasteiger partial charge in [-0.15, -0.1) is 0 Å². The van der Waals surface area contributed by atoms with E-state index >= 15 is 0 Å². The molecule has 3 heterocycles. The van der Waals surface area contributed by atoms with E-state index in [1.807, 2.05) is 13.8 Å². The highest BCUT2D eigenvalue weighted by atomic mass is 32.2. The molecule has 1 saturated heterocycles. The summed E-state index contributed by atoms with van der Waals surface area (Å²) in [6, 6.07) is 6.52. The molecule has 210 valence electrons. The minimum absolute atomic E-state index is 0.0255. The van der Waals surface area contributed by atoms with E-state index in [4.69, 9.17) is 4.74 Å². The number of sulfone groups is 1. The van der Waals surface area contributed by atoms with Crippen LogP contribution >= 0.6 is 11.5 Å². The van der Waals surface area contributed by atoms with E-state index in [0.717, 1.165) is 43.1 Å². The smallest absolute Gasteiger partial charge is 0.491 e. The van der Waals surface area contributed by atoms with Gasteiger partial charge in [0.1, 0.15) is 17.3 Å². The maximum atomic E-state index is 12.9. The van der Waals surface area contributed by atoms with Crippen LogP contribution in [-0.4, -0.2) is 60.9 Å². The van der Waals surface area contributed by atoms with Crippen molar-refractivity contribution in [3.8, 4) is 22.8 Å². The Labute approximate surface area is 228 Å². The standard InChI is InChI=1S/C25H27F3N4O5S2/c1-15(2)22-30-24(38-31-22)32-10-8-16(9-11-32)14-36-18-12-20(37-23(33)25(26,27)28)21(29-13-18)17-4-6-19(7-5-17)39(3,34)35/h4-7,12-13,15-16H,8-11,14H2,1-3H3. The molecule has 1 fully saturated rings. The zero-order chi connectivity index (χ0) is 28.4. The quantitative estimate of drug-likeness (QED) is 0.342. The maximum Gasteiger partial charge on any atom is 0.491 e. The third-order valence-electron chi connectivity index (χ3n) is 6.14. The molecule has 4 rings (SSSR count). The molecule has 9 nitrogen and oxygen atoms in total. The fourth-order valence-corrected chi connectivity index (χ4v) is 5.40. The van der Waals surface area contributed by atoms with Gasteiger partial charge in [-0.05, 0) is 30.9 Å². The van der Waals surface area contributed by atoms with E-state index in [1.165, 1.54) is 48.1 Å². The Morgan fingerprint density at radius 1 is 1.18 bits per heavy atom. The summed E-state index contributed by atoms with van der Waals surface area (Å²) in [6.07, 6.45) is -1.21. The van der Waals surface area contributed by atoms with Crippen LogP contribution in [0.2, 0.25) is 0 Å². The lowest BCUT2D eigenvalue weighted by molar-refractivity contribution is -0.189. The Bertz CT molecular complexity index is 1420. The van der Waals surface area contributed by atoms with Gasteiger partial charge in [-0.2, -0.15) is 17.5 Å². The van der Waals surface area contributed by atoms with Gasteiger partial charge in [0.2, 0.25) is 5.13 Å². The number of ether oxygens (including phenoxy) is 2.